The van der Waals surface area contributed by atoms with Gasteiger partial charge in [0.05, 0.1) is 5.02 Å². The first-order valence-electron chi connectivity index (χ1n) is 9.97. The molecule has 30 heavy (non-hydrogen) atoms. The summed E-state index contributed by atoms with van der Waals surface area (Å²) in [4.78, 5) is 0. The molecule has 6 aromatic rings. The number of furan rings is 1. The Morgan fingerprint density at radius 2 is 1.23 bits per heavy atom. The Kier molecular flexibility index (Phi) is 3.90. The van der Waals surface area contributed by atoms with E-state index in [-0.39, 0.29) is 0 Å². The Morgan fingerprint density at radius 1 is 0.533 bits per heavy atom. The molecule has 0 fully saturated rings. The van der Waals surface area contributed by atoms with Gasteiger partial charge in [0, 0.05) is 16.3 Å². The van der Waals surface area contributed by atoms with Gasteiger partial charge in [-0.15, -0.1) is 0 Å². The van der Waals surface area contributed by atoms with E-state index < -0.39 is 0 Å². The second kappa shape index (κ2) is 6.76. The van der Waals surface area contributed by atoms with Gasteiger partial charge >= 0.3 is 0 Å². The van der Waals surface area contributed by atoms with Gasteiger partial charge in [0.25, 0.3) is 0 Å². The summed E-state index contributed by atoms with van der Waals surface area (Å²) in [6.45, 7) is 0. The molecule has 0 aliphatic heterocycles. The van der Waals surface area contributed by atoms with Crippen LogP contribution >= 0.6 is 11.6 Å². The number of hydrogen-bond donors (Lipinski definition) is 0. The molecule has 0 aliphatic carbocycles. The van der Waals surface area contributed by atoms with E-state index in [2.05, 4.69) is 72.8 Å². The van der Waals surface area contributed by atoms with Gasteiger partial charge in [-0.2, -0.15) is 0 Å². The van der Waals surface area contributed by atoms with Crippen molar-refractivity contribution < 1.29 is 4.42 Å². The Bertz CT molecular complexity index is 1540. The monoisotopic (exact) mass is 404 g/mol. The van der Waals surface area contributed by atoms with Crippen molar-refractivity contribution in [3.63, 3.8) is 0 Å². The minimum Gasteiger partial charge on any atom is -0.456 e. The van der Waals surface area contributed by atoms with Crippen molar-refractivity contribution in [3.05, 3.63) is 108 Å². The van der Waals surface area contributed by atoms with E-state index in [0.29, 0.717) is 0 Å². The molecule has 2 heteroatoms. The van der Waals surface area contributed by atoms with Gasteiger partial charge in [-0.25, -0.2) is 0 Å². The third-order valence-corrected chi connectivity index (χ3v) is 6.15. The lowest BCUT2D eigenvalue weighted by Crippen LogP contribution is -1.83. The normalized spacial score (nSPS) is 11.5. The van der Waals surface area contributed by atoms with Gasteiger partial charge in [-0.3, -0.25) is 0 Å². The summed E-state index contributed by atoms with van der Waals surface area (Å²) >= 11 is 6.86. The first-order valence-corrected chi connectivity index (χ1v) is 10.3. The third-order valence-electron chi connectivity index (χ3n) is 5.76. The lowest BCUT2D eigenvalue weighted by molar-refractivity contribution is 0.669. The maximum absolute atomic E-state index is 6.86. The average molecular weight is 405 g/mol. The van der Waals surface area contributed by atoms with E-state index in [4.69, 9.17) is 16.0 Å². The smallest absolute Gasteiger partial charge is 0.136 e. The maximum Gasteiger partial charge on any atom is 0.136 e. The molecule has 5 aromatic carbocycles. The van der Waals surface area contributed by atoms with E-state index in [0.717, 1.165) is 38.1 Å². The molecular formula is C28H17ClO. The number of fused-ring (bicyclic) bond motifs is 4. The highest BCUT2D eigenvalue weighted by molar-refractivity contribution is 6.40. The minimum absolute atomic E-state index is 0.732. The zero-order valence-corrected chi connectivity index (χ0v) is 16.9. The van der Waals surface area contributed by atoms with E-state index in [1.54, 1.807) is 0 Å². The summed E-state index contributed by atoms with van der Waals surface area (Å²) in [6.07, 6.45) is 0. The molecule has 0 radical (unpaired) electrons. The summed E-state index contributed by atoms with van der Waals surface area (Å²) in [6, 6.07) is 35.7. The molecule has 142 valence electrons. The summed E-state index contributed by atoms with van der Waals surface area (Å²) < 4.78 is 5.95. The lowest BCUT2D eigenvalue weighted by Gasteiger charge is -2.08. The van der Waals surface area contributed by atoms with Gasteiger partial charge < -0.3 is 4.42 Å². The largest absolute Gasteiger partial charge is 0.456 e. The average Bonchev–Trinajstić information content (AvgIpc) is 3.19. The predicted molar refractivity (Wildman–Crippen MR) is 127 cm³/mol. The molecule has 0 bridgehead atoms. The molecule has 0 spiro atoms. The van der Waals surface area contributed by atoms with Gasteiger partial charge in [0.2, 0.25) is 0 Å². The molecule has 0 saturated carbocycles. The lowest BCUT2D eigenvalue weighted by atomic mass is 9.97. The van der Waals surface area contributed by atoms with Crippen LogP contribution in [0.2, 0.25) is 5.02 Å². The van der Waals surface area contributed by atoms with Crippen LogP contribution in [0.4, 0.5) is 0 Å². The summed E-state index contributed by atoms with van der Waals surface area (Å²) in [5.41, 5.74) is 6.19. The number of benzene rings is 5. The number of halogens is 1. The first kappa shape index (κ1) is 17.3. The fraction of sp³-hybridized carbons (Fsp3) is 0. The molecule has 0 atom stereocenters. The molecule has 0 N–H and O–H groups in total. The molecule has 1 nitrogen and oxygen atoms in total. The molecule has 1 aromatic heterocycles. The molecule has 0 aliphatic rings. The minimum atomic E-state index is 0.732. The summed E-state index contributed by atoms with van der Waals surface area (Å²) in [5, 5.41) is 5.26. The van der Waals surface area contributed by atoms with Crippen molar-refractivity contribution in [2.75, 3.05) is 0 Å². The highest BCUT2D eigenvalue weighted by Crippen LogP contribution is 2.40. The van der Waals surface area contributed by atoms with Crippen LogP contribution in [0.1, 0.15) is 0 Å². The topological polar surface area (TPSA) is 13.1 Å². The molecular weight excluding hydrogens is 388 g/mol. The van der Waals surface area contributed by atoms with Crippen LogP contribution in [0.3, 0.4) is 0 Å². The summed E-state index contributed by atoms with van der Waals surface area (Å²) in [7, 11) is 0. The standard InChI is InChI=1S/C28H17ClO/c29-28-23(15-16-26-27(28)24-7-3-4-8-25(24)30-26)20-12-9-19(10-13-20)22-14-11-18-5-1-2-6-21(18)17-22/h1-17H. The Morgan fingerprint density at radius 3 is 2.10 bits per heavy atom. The molecule has 0 amide bonds. The Hall–Kier alpha value is -3.55. The Balaban J connectivity index is 1.44. The highest BCUT2D eigenvalue weighted by atomic mass is 35.5. The van der Waals surface area contributed by atoms with Gasteiger partial charge in [-0.05, 0) is 51.7 Å². The van der Waals surface area contributed by atoms with Crippen LogP contribution in [0.25, 0.3) is 55.0 Å². The first-order chi connectivity index (χ1) is 14.8. The van der Waals surface area contributed by atoms with Crippen molar-refractivity contribution in [1.29, 1.82) is 0 Å². The second-order valence-electron chi connectivity index (χ2n) is 7.54. The maximum atomic E-state index is 6.86. The van der Waals surface area contributed by atoms with Crippen molar-refractivity contribution in [1.82, 2.24) is 0 Å². The summed E-state index contributed by atoms with van der Waals surface area (Å²) in [5.74, 6) is 0. The van der Waals surface area contributed by atoms with Crippen molar-refractivity contribution in [2.24, 2.45) is 0 Å². The molecule has 0 saturated heterocycles. The van der Waals surface area contributed by atoms with Crippen LogP contribution in [-0.2, 0) is 0 Å². The van der Waals surface area contributed by atoms with Crippen LogP contribution in [0, 0.1) is 0 Å². The van der Waals surface area contributed by atoms with Crippen LogP contribution < -0.4 is 0 Å². The van der Waals surface area contributed by atoms with Crippen LogP contribution in [-0.4, -0.2) is 0 Å². The van der Waals surface area contributed by atoms with Crippen molar-refractivity contribution >= 4 is 44.3 Å². The number of hydrogen-bond acceptors (Lipinski definition) is 1. The molecule has 6 rings (SSSR count). The van der Waals surface area contributed by atoms with E-state index in [1.165, 1.54) is 21.9 Å². The van der Waals surface area contributed by atoms with Gasteiger partial charge in [0.1, 0.15) is 11.2 Å². The predicted octanol–water partition coefficient (Wildman–Crippen LogP) is 8.73. The van der Waals surface area contributed by atoms with Gasteiger partial charge in [0.15, 0.2) is 0 Å². The fourth-order valence-corrected chi connectivity index (χ4v) is 4.58. The highest BCUT2D eigenvalue weighted by Gasteiger charge is 2.14. The SMILES string of the molecule is Clc1c(-c2ccc(-c3ccc4ccccc4c3)cc2)ccc2oc3ccccc3c12. The van der Waals surface area contributed by atoms with Gasteiger partial charge in [-0.1, -0.05) is 90.5 Å². The quantitative estimate of drug-likeness (QED) is 0.281. The van der Waals surface area contributed by atoms with Crippen LogP contribution in [0.15, 0.2) is 108 Å². The fourth-order valence-electron chi connectivity index (χ4n) is 4.21. The van der Waals surface area contributed by atoms with Crippen LogP contribution in [0.5, 0.6) is 0 Å². The number of rotatable bonds is 2. The number of para-hydroxylation sites is 1. The molecule has 0 unspecified atom stereocenters. The van der Waals surface area contributed by atoms with E-state index >= 15 is 0 Å². The zero-order valence-electron chi connectivity index (χ0n) is 16.1. The second-order valence-corrected chi connectivity index (χ2v) is 7.92. The molecule has 1 heterocycles. The van der Waals surface area contributed by atoms with Crippen molar-refractivity contribution in [3.8, 4) is 22.3 Å². The third kappa shape index (κ3) is 2.71. The van der Waals surface area contributed by atoms with Crippen molar-refractivity contribution in [2.45, 2.75) is 0 Å². The van der Waals surface area contributed by atoms with E-state index in [9.17, 15) is 0 Å². The zero-order chi connectivity index (χ0) is 20.1. The van der Waals surface area contributed by atoms with E-state index in [1.807, 2.05) is 30.3 Å². The Labute approximate surface area is 179 Å².